The third-order valence-electron chi connectivity index (χ3n) is 2.55. The summed E-state index contributed by atoms with van der Waals surface area (Å²) in [6, 6.07) is 6.88. The Labute approximate surface area is 127 Å². The molecule has 0 unspecified atom stereocenters. The number of hydrogen-bond donors (Lipinski definition) is 1. The lowest BCUT2D eigenvalue weighted by molar-refractivity contribution is -0.137. The lowest BCUT2D eigenvalue weighted by Crippen LogP contribution is -2.07. The average molecular weight is 366 g/mol. The zero-order valence-corrected chi connectivity index (χ0v) is 12.4. The van der Waals surface area contributed by atoms with E-state index in [0.717, 1.165) is 12.1 Å². The predicted octanol–water partition coefficient (Wildman–Crippen LogP) is 5.13. The molecular weight excluding hydrogens is 357 g/mol. The summed E-state index contributed by atoms with van der Waals surface area (Å²) in [5.74, 6) is 0. The highest BCUT2D eigenvalue weighted by molar-refractivity contribution is 9.10. The molecule has 1 aromatic heterocycles. The first-order valence-electron chi connectivity index (χ1n) is 5.57. The second-order valence-corrected chi connectivity index (χ2v) is 5.26. The molecule has 2 nitrogen and oxygen atoms in total. The average Bonchev–Trinajstić information content (AvgIpc) is 2.39. The fourth-order valence-electron chi connectivity index (χ4n) is 1.58. The van der Waals surface area contributed by atoms with E-state index in [1.54, 1.807) is 12.1 Å². The van der Waals surface area contributed by atoms with E-state index in [9.17, 15) is 13.2 Å². The van der Waals surface area contributed by atoms with Crippen molar-refractivity contribution in [2.24, 2.45) is 0 Å². The van der Waals surface area contributed by atoms with E-state index in [2.05, 4.69) is 26.2 Å². The standard InChI is InChI=1S/C13H9BrClF3N2/c14-11-5-10(7-20-12(11)15)19-6-8-2-1-3-9(4-8)13(16,17)18/h1-5,7,19H,6H2. The normalized spacial score (nSPS) is 11.4. The molecule has 7 heteroatoms. The van der Waals surface area contributed by atoms with Gasteiger partial charge in [0.05, 0.1) is 21.9 Å². The Kier molecular flexibility index (Phi) is 4.55. The van der Waals surface area contributed by atoms with Gasteiger partial charge in [0.25, 0.3) is 0 Å². The first kappa shape index (κ1) is 15.1. The predicted molar refractivity (Wildman–Crippen MR) is 75.7 cm³/mol. The van der Waals surface area contributed by atoms with Crippen molar-refractivity contribution in [3.63, 3.8) is 0 Å². The van der Waals surface area contributed by atoms with Gasteiger partial charge < -0.3 is 5.32 Å². The smallest absolute Gasteiger partial charge is 0.380 e. The van der Waals surface area contributed by atoms with Crippen LogP contribution < -0.4 is 5.32 Å². The maximum atomic E-state index is 12.6. The van der Waals surface area contributed by atoms with Crippen molar-refractivity contribution in [1.82, 2.24) is 4.98 Å². The molecule has 2 aromatic rings. The van der Waals surface area contributed by atoms with Gasteiger partial charge in [0.1, 0.15) is 5.15 Å². The summed E-state index contributed by atoms with van der Waals surface area (Å²) in [7, 11) is 0. The molecule has 20 heavy (non-hydrogen) atoms. The molecule has 0 bridgehead atoms. The zero-order valence-electron chi connectivity index (χ0n) is 10.0. The molecule has 0 saturated heterocycles. The molecule has 1 aromatic carbocycles. The van der Waals surface area contributed by atoms with Gasteiger partial charge in [-0.1, -0.05) is 23.7 Å². The fraction of sp³-hybridized carbons (Fsp3) is 0.154. The Morgan fingerprint density at radius 3 is 2.65 bits per heavy atom. The van der Waals surface area contributed by atoms with Crippen molar-refractivity contribution in [3.05, 3.63) is 57.3 Å². The number of benzene rings is 1. The van der Waals surface area contributed by atoms with Crippen LogP contribution >= 0.6 is 27.5 Å². The number of aromatic nitrogens is 1. The van der Waals surface area contributed by atoms with Crippen molar-refractivity contribution >= 4 is 33.2 Å². The molecular formula is C13H9BrClF3N2. The highest BCUT2D eigenvalue weighted by Crippen LogP contribution is 2.29. The van der Waals surface area contributed by atoms with E-state index in [1.807, 2.05) is 0 Å². The van der Waals surface area contributed by atoms with E-state index >= 15 is 0 Å². The van der Waals surface area contributed by atoms with Crippen LogP contribution in [0.2, 0.25) is 5.15 Å². The van der Waals surface area contributed by atoms with Crippen LogP contribution in [0.25, 0.3) is 0 Å². The third kappa shape index (κ3) is 3.86. The molecule has 0 fully saturated rings. The minimum Gasteiger partial charge on any atom is -0.380 e. The lowest BCUT2D eigenvalue weighted by atomic mass is 10.1. The van der Waals surface area contributed by atoms with Crippen LogP contribution in [0.4, 0.5) is 18.9 Å². The van der Waals surface area contributed by atoms with Crippen LogP contribution in [0, 0.1) is 0 Å². The molecule has 0 aliphatic heterocycles. The van der Waals surface area contributed by atoms with Crippen LogP contribution in [0.15, 0.2) is 41.0 Å². The summed E-state index contributed by atoms with van der Waals surface area (Å²) in [5.41, 5.74) is 0.539. The Morgan fingerprint density at radius 2 is 2.00 bits per heavy atom. The van der Waals surface area contributed by atoms with E-state index in [-0.39, 0.29) is 6.54 Å². The minimum absolute atomic E-state index is 0.264. The van der Waals surface area contributed by atoms with E-state index in [4.69, 9.17) is 11.6 Å². The third-order valence-corrected chi connectivity index (χ3v) is 3.68. The zero-order chi connectivity index (χ0) is 14.8. The monoisotopic (exact) mass is 364 g/mol. The summed E-state index contributed by atoms with van der Waals surface area (Å²) in [4.78, 5) is 3.92. The van der Waals surface area contributed by atoms with Crippen molar-refractivity contribution in [1.29, 1.82) is 0 Å². The van der Waals surface area contributed by atoms with Gasteiger partial charge in [-0.25, -0.2) is 4.98 Å². The number of pyridine rings is 1. The van der Waals surface area contributed by atoms with Crippen molar-refractivity contribution in [2.75, 3.05) is 5.32 Å². The van der Waals surface area contributed by atoms with Crippen molar-refractivity contribution < 1.29 is 13.2 Å². The van der Waals surface area contributed by atoms with Crippen LogP contribution in [-0.4, -0.2) is 4.98 Å². The highest BCUT2D eigenvalue weighted by atomic mass is 79.9. The summed E-state index contributed by atoms with van der Waals surface area (Å²) in [6.07, 6.45) is -2.82. The second kappa shape index (κ2) is 6.01. The number of nitrogens with zero attached hydrogens (tertiary/aromatic N) is 1. The van der Waals surface area contributed by atoms with Gasteiger partial charge in [-0.3, -0.25) is 0 Å². The van der Waals surface area contributed by atoms with Gasteiger partial charge in [-0.15, -0.1) is 0 Å². The quantitative estimate of drug-likeness (QED) is 0.763. The molecule has 0 aliphatic rings. The largest absolute Gasteiger partial charge is 0.416 e. The Bertz CT molecular complexity index is 617. The summed E-state index contributed by atoms with van der Waals surface area (Å²) < 4.78 is 38.4. The topological polar surface area (TPSA) is 24.9 Å². The number of anilines is 1. The van der Waals surface area contributed by atoms with E-state index < -0.39 is 11.7 Å². The van der Waals surface area contributed by atoms with Crippen LogP contribution in [0.3, 0.4) is 0 Å². The summed E-state index contributed by atoms with van der Waals surface area (Å²) in [6.45, 7) is 0.264. The molecule has 0 aliphatic carbocycles. The minimum atomic E-state index is -4.33. The highest BCUT2D eigenvalue weighted by Gasteiger charge is 2.30. The van der Waals surface area contributed by atoms with Gasteiger partial charge >= 0.3 is 6.18 Å². The van der Waals surface area contributed by atoms with Gasteiger partial charge in [0, 0.05) is 6.54 Å². The Hall–Kier alpha value is -1.27. The van der Waals surface area contributed by atoms with Crippen LogP contribution in [0.5, 0.6) is 0 Å². The van der Waals surface area contributed by atoms with E-state index in [1.165, 1.54) is 12.3 Å². The number of halogens is 5. The lowest BCUT2D eigenvalue weighted by Gasteiger charge is -2.10. The second-order valence-electron chi connectivity index (χ2n) is 4.05. The fourth-order valence-corrected chi connectivity index (χ4v) is 2.03. The molecule has 106 valence electrons. The number of alkyl halides is 3. The van der Waals surface area contributed by atoms with E-state index in [0.29, 0.717) is 20.9 Å². The van der Waals surface area contributed by atoms with Gasteiger partial charge in [-0.2, -0.15) is 13.2 Å². The SMILES string of the molecule is FC(F)(F)c1cccc(CNc2cnc(Cl)c(Br)c2)c1. The molecule has 0 atom stereocenters. The number of hydrogen-bond acceptors (Lipinski definition) is 2. The van der Waals surface area contributed by atoms with Crippen LogP contribution in [0.1, 0.15) is 11.1 Å². The first-order valence-corrected chi connectivity index (χ1v) is 6.74. The van der Waals surface area contributed by atoms with Gasteiger partial charge in [0.2, 0.25) is 0 Å². The maximum Gasteiger partial charge on any atom is 0.416 e. The van der Waals surface area contributed by atoms with Gasteiger partial charge in [0.15, 0.2) is 0 Å². The maximum absolute atomic E-state index is 12.6. The Balaban J connectivity index is 2.09. The molecule has 2 rings (SSSR count). The number of nitrogens with one attached hydrogen (secondary N) is 1. The first-order chi connectivity index (χ1) is 9.36. The molecule has 0 radical (unpaired) electrons. The molecule has 0 spiro atoms. The van der Waals surface area contributed by atoms with Gasteiger partial charge in [-0.05, 0) is 39.7 Å². The molecule has 1 heterocycles. The van der Waals surface area contributed by atoms with Crippen LogP contribution in [-0.2, 0) is 12.7 Å². The van der Waals surface area contributed by atoms with Crippen molar-refractivity contribution in [2.45, 2.75) is 12.7 Å². The molecule has 1 N–H and O–H groups in total. The molecule has 0 amide bonds. The summed E-state index contributed by atoms with van der Waals surface area (Å²) in [5, 5.41) is 3.32. The summed E-state index contributed by atoms with van der Waals surface area (Å²) >= 11 is 8.98. The number of rotatable bonds is 3. The Morgan fingerprint density at radius 1 is 1.25 bits per heavy atom. The van der Waals surface area contributed by atoms with Crippen molar-refractivity contribution in [3.8, 4) is 0 Å². The molecule has 0 saturated carbocycles.